The molecular formula is C8H12F3N3. The van der Waals surface area contributed by atoms with Crippen LogP contribution in [0.3, 0.4) is 0 Å². The summed E-state index contributed by atoms with van der Waals surface area (Å²) < 4.78 is 38.1. The lowest BCUT2D eigenvalue weighted by Gasteiger charge is -2.17. The van der Waals surface area contributed by atoms with Gasteiger partial charge in [0.15, 0.2) is 0 Å². The summed E-state index contributed by atoms with van der Waals surface area (Å²) in [5.74, 6) is -1.53. The quantitative estimate of drug-likeness (QED) is 0.812. The Morgan fingerprint density at radius 2 is 2.21 bits per heavy atom. The first kappa shape index (κ1) is 11.0. The van der Waals surface area contributed by atoms with Crippen molar-refractivity contribution >= 4 is 0 Å². The van der Waals surface area contributed by atoms with Gasteiger partial charge in [0.1, 0.15) is 0 Å². The van der Waals surface area contributed by atoms with Crippen molar-refractivity contribution in [3.8, 4) is 0 Å². The summed E-state index contributed by atoms with van der Waals surface area (Å²) in [6, 6.07) is 0. The molecular weight excluding hydrogens is 195 g/mol. The van der Waals surface area contributed by atoms with Crippen LogP contribution in [0.25, 0.3) is 0 Å². The molecule has 6 heteroatoms. The molecule has 0 aliphatic rings. The fraction of sp³-hybridized carbons (Fsp3) is 0.625. The monoisotopic (exact) mass is 207 g/mol. The van der Waals surface area contributed by atoms with E-state index in [0.29, 0.717) is 0 Å². The third kappa shape index (κ3) is 2.73. The summed E-state index contributed by atoms with van der Waals surface area (Å²) in [7, 11) is 0. The van der Waals surface area contributed by atoms with Gasteiger partial charge in [-0.25, -0.2) is 0 Å². The molecule has 0 aliphatic carbocycles. The summed E-state index contributed by atoms with van der Waals surface area (Å²) in [5, 5.41) is 3.78. The normalized spacial score (nSPS) is 14.4. The lowest BCUT2D eigenvalue weighted by atomic mass is 10.1. The summed E-state index contributed by atoms with van der Waals surface area (Å²) in [6.07, 6.45) is -1.17. The Bertz CT molecular complexity index is 292. The third-order valence-electron chi connectivity index (χ3n) is 1.92. The fourth-order valence-corrected chi connectivity index (χ4v) is 1.10. The van der Waals surface area contributed by atoms with E-state index in [0.717, 1.165) is 5.56 Å². The van der Waals surface area contributed by atoms with Gasteiger partial charge in [-0.1, -0.05) is 0 Å². The van der Waals surface area contributed by atoms with Crippen molar-refractivity contribution in [2.45, 2.75) is 19.6 Å². The SMILES string of the molecule is Cc1cnn(CC(CN)C(F)(F)F)c1. The molecule has 0 fully saturated rings. The topological polar surface area (TPSA) is 43.8 Å². The number of nitrogens with two attached hydrogens (primary N) is 1. The Morgan fingerprint density at radius 3 is 2.57 bits per heavy atom. The highest BCUT2D eigenvalue weighted by molar-refractivity contribution is 4.99. The molecule has 80 valence electrons. The lowest BCUT2D eigenvalue weighted by molar-refractivity contribution is -0.175. The number of alkyl halides is 3. The van der Waals surface area contributed by atoms with Crippen LogP contribution in [0, 0.1) is 12.8 Å². The van der Waals surface area contributed by atoms with Crippen molar-refractivity contribution in [2.75, 3.05) is 6.54 Å². The van der Waals surface area contributed by atoms with Crippen LogP contribution < -0.4 is 5.73 Å². The smallest absolute Gasteiger partial charge is 0.330 e. The first-order valence-corrected chi connectivity index (χ1v) is 4.19. The molecule has 0 saturated heterocycles. The van der Waals surface area contributed by atoms with Crippen LogP contribution in [0.2, 0.25) is 0 Å². The van der Waals surface area contributed by atoms with E-state index in [1.807, 2.05) is 0 Å². The second-order valence-electron chi connectivity index (χ2n) is 3.21. The van der Waals surface area contributed by atoms with Crippen LogP contribution in [0.4, 0.5) is 13.2 Å². The van der Waals surface area contributed by atoms with E-state index >= 15 is 0 Å². The summed E-state index contributed by atoms with van der Waals surface area (Å²) >= 11 is 0. The number of aryl methyl sites for hydroxylation is 1. The highest BCUT2D eigenvalue weighted by atomic mass is 19.4. The maximum absolute atomic E-state index is 12.3. The molecule has 1 atom stereocenters. The number of hydrogen-bond donors (Lipinski definition) is 1. The number of nitrogens with zero attached hydrogens (tertiary/aromatic N) is 2. The van der Waals surface area contributed by atoms with Crippen molar-refractivity contribution in [2.24, 2.45) is 11.7 Å². The minimum absolute atomic E-state index is 0.214. The van der Waals surface area contributed by atoms with E-state index in [9.17, 15) is 13.2 Å². The van der Waals surface area contributed by atoms with Gasteiger partial charge in [0, 0.05) is 12.7 Å². The van der Waals surface area contributed by atoms with Crippen LogP contribution >= 0.6 is 0 Å². The molecule has 1 aromatic rings. The minimum atomic E-state index is -4.26. The predicted octanol–water partition coefficient (Wildman–Crippen LogP) is 1.33. The lowest BCUT2D eigenvalue weighted by Crippen LogP contribution is -2.33. The van der Waals surface area contributed by atoms with E-state index in [4.69, 9.17) is 5.73 Å². The van der Waals surface area contributed by atoms with Gasteiger partial charge in [-0.05, 0) is 12.5 Å². The van der Waals surface area contributed by atoms with Crippen molar-refractivity contribution in [1.82, 2.24) is 9.78 Å². The first-order chi connectivity index (χ1) is 6.43. The van der Waals surface area contributed by atoms with E-state index in [1.165, 1.54) is 10.9 Å². The van der Waals surface area contributed by atoms with Gasteiger partial charge in [0.05, 0.1) is 18.7 Å². The van der Waals surface area contributed by atoms with Crippen LogP contribution in [0.5, 0.6) is 0 Å². The molecule has 0 radical (unpaired) electrons. The van der Waals surface area contributed by atoms with Crippen LogP contribution in [-0.2, 0) is 6.54 Å². The molecule has 1 rings (SSSR count). The molecule has 0 spiro atoms. The third-order valence-corrected chi connectivity index (χ3v) is 1.92. The van der Waals surface area contributed by atoms with E-state index in [1.54, 1.807) is 13.1 Å². The highest BCUT2D eigenvalue weighted by Crippen LogP contribution is 2.26. The molecule has 1 unspecified atom stereocenters. The zero-order valence-electron chi connectivity index (χ0n) is 7.75. The van der Waals surface area contributed by atoms with Crippen molar-refractivity contribution in [3.63, 3.8) is 0 Å². The second-order valence-corrected chi connectivity index (χ2v) is 3.21. The zero-order valence-corrected chi connectivity index (χ0v) is 7.75. The molecule has 0 aromatic carbocycles. The Balaban J connectivity index is 2.66. The molecule has 0 amide bonds. The molecule has 0 aliphatic heterocycles. The predicted molar refractivity (Wildman–Crippen MR) is 45.6 cm³/mol. The maximum atomic E-state index is 12.3. The average molecular weight is 207 g/mol. The van der Waals surface area contributed by atoms with E-state index in [-0.39, 0.29) is 6.54 Å². The number of rotatable bonds is 3. The van der Waals surface area contributed by atoms with Gasteiger partial charge < -0.3 is 5.73 Å². The fourth-order valence-electron chi connectivity index (χ4n) is 1.10. The number of aromatic nitrogens is 2. The Kier molecular flexibility index (Phi) is 3.15. The van der Waals surface area contributed by atoms with Crippen molar-refractivity contribution < 1.29 is 13.2 Å². The Morgan fingerprint density at radius 1 is 1.57 bits per heavy atom. The van der Waals surface area contributed by atoms with Gasteiger partial charge >= 0.3 is 6.18 Å². The summed E-state index contributed by atoms with van der Waals surface area (Å²) in [6.45, 7) is 1.14. The molecule has 1 aromatic heterocycles. The number of halogens is 3. The molecule has 0 saturated carbocycles. The average Bonchev–Trinajstić information content (AvgIpc) is 2.45. The van der Waals surface area contributed by atoms with E-state index in [2.05, 4.69) is 5.10 Å². The second kappa shape index (κ2) is 4.00. The van der Waals surface area contributed by atoms with Gasteiger partial charge in [0.25, 0.3) is 0 Å². The summed E-state index contributed by atoms with van der Waals surface area (Å²) in [4.78, 5) is 0. The highest BCUT2D eigenvalue weighted by Gasteiger charge is 2.38. The Hall–Kier alpha value is -1.04. The number of hydrogen-bond acceptors (Lipinski definition) is 2. The molecule has 2 N–H and O–H groups in total. The minimum Gasteiger partial charge on any atom is -0.330 e. The largest absolute Gasteiger partial charge is 0.394 e. The molecule has 14 heavy (non-hydrogen) atoms. The van der Waals surface area contributed by atoms with Crippen LogP contribution in [-0.4, -0.2) is 22.5 Å². The van der Waals surface area contributed by atoms with E-state index < -0.39 is 18.6 Å². The van der Waals surface area contributed by atoms with Crippen molar-refractivity contribution in [3.05, 3.63) is 18.0 Å². The van der Waals surface area contributed by atoms with Crippen LogP contribution in [0.15, 0.2) is 12.4 Å². The van der Waals surface area contributed by atoms with Crippen molar-refractivity contribution in [1.29, 1.82) is 0 Å². The van der Waals surface area contributed by atoms with Gasteiger partial charge in [-0.3, -0.25) is 4.68 Å². The molecule has 1 heterocycles. The van der Waals surface area contributed by atoms with Gasteiger partial charge in [-0.2, -0.15) is 18.3 Å². The molecule has 3 nitrogen and oxygen atoms in total. The summed E-state index contributed by atoms with van der Waals surface area (Å²) in [5.41, 5.74) is 5.89. The molecule has 0 bridgehead atoms. The van der Waals surface area contributed by atoms with Gasteiger partial charge in [-0.15, -0.1) is 0 Å². The first-order valence-electron chi connectivity index (χ1n) is 4.19. The Labute approximate surface area is 79.7 Å². The maximum Gasteiger partial charge on any atom is 0.394 e. The van der Waals surface area contributed by atoms with Crippen LogP contribution in [0.1, 0.15) is 5.56 Å². The van der Waals surface area contributed by atoms with Gasteiger partial charge in [0.2, 0.25) is 0 Å². The standard InChI is InChI=1S/C8H12F3N3/c1-6-3-13-14(4-6)5-7(2-12)8(9,10)11/h3-4,7H,2,5,12H2,1H3. The zero-order chi connectivity index (χ0) is 10.8.